The van der Waals surface area contributed by atoms with E-state index in [4.69, 9.17) is 10.5 Å². The van der Waals surface area contributed by atoms with Crippen molar-refractivity contribution >= 4 is 22.8 Å². The van der Waals surface area contributed by atoms with Crippen LogP contribution in [-0.4, -0.2) is 16.6 Å². The van der Waals surface area contributed by atoms with Crippen molar-refractivity contribution in [1.82, 2.24) is 9.97 Å². The SMILES string of the molecule is CCC(Nc1ccc(N)c(OCC(C)C)n1)c1nccs1. The highest BCUT2D eigenvalue weighted by Gasteiger charge is 2.13. The first-order valence-electron chi connectivity index (χ1n) is 7.15. The molecule has 1 atom stereocenters. The molecule has 0 saturated heterocycles. The van der Waals surface area contributed by atoms with Crippen LogP contribution in [0.15, 0.2) is 23.7 Å². The zero-order chi connectivity index (χ0) is 15.2. The number of nitrogens with two attached hydrogens (primary N) is 1. The van der Waals surface area contributed by atoms with Crippen LogP contribution in [0, 0.1) is 5.92 Å². The van der Waals surface area contributed by atoms with Gasteiger partial charge in [0.05, 0.1) is 18.3 Å². The van der Waals surface area contributed by atoms with Crippen molar-refractivity contribution in [3.63, 3.8) is 0 Å². The summed E-state index contributed by atoms with van der Waals surface area (Å²) >= 11 is 1.64. The number of nitrogens with zero attached hydrogens (tertiary/aromatic N) is 2. The van der Waals surface area contributed by atoms with E-state index in [0.29, 0.717) is 24.1 Å². The standard InChI is InChI=1S/C15H22N4OS/c1-4-12(15-17-7-8-21-15)18-13-6-5-11(16)14(19-13)20-9-10(2)3/h5-8,10,12H,4,9,16H2,1-3H3,(H,18,19). The van der Waals surface area contributed by atoms with Gasteiger partial charge in [0, 0.05) is 11.6 Å². The molecule has 0 fully saturated rings. The van der Waals surface area contributed by atoms with Crippen molar-refractivity contribution < 1.29 is 4.74 Å². The Kier molecular flexibility index (Phi) is 5.38. The van der Waals surface area contributed by atoms with E-state index in [1.54, 1.807) is 11.3 Å². The molecule has 0 bridgehead atoms. The number of aromatic nitrogens is 2. The van der Waals surface area contributed by atoms with E-state index >= 15 is 0 Å². The van der Waals surface area contributed by atoms with Crippen LogP contribution in [0.3, 0.4) is 0 Å². The number of hydrogen-bond acceptors (Lipinski definition) is 6. The monoisotopic (exact) mass is 306 g/mol. The minimum Gasteiger partial charge on any atom is -0.476 e. The van der Waals surface area contributed by atoms with Gasteiger partial charge in [-0.15, -0.1) is 11.3 Å². The molecule has 2 heterocycles. The lowest BCUT2D eigenvalue weighted by atomic mass is 10.2. The fourth-order valence-corrected chi connectivity index (χ4v) is 2.59. The second-order valence-corrected chi connectivity index (χ2v) is 6.20. The lowest BCUT2D eigenvalue weighted by Gasteiger charge is -2.17. The summed E-state index contributed by atoms with van der Waals surface area (Å²) in [5, 5.41) is 6.42. The van der Waals surface area contributed by atoms with E-state index in [9.17, 15) is 0 Å². The van der Waals surface area contributed by atoms with Crippen LogP contribution >= 0.6 is 11.3 Å². The molecule has 0 spiro atoms. The molecular formula is C15H22N4OS. The van der Waals surface area contributed by atoms with E-state index in [1.807, 2.05) is 23.7 Å². The van der Waals surface area contributed by atoms with E-state index in [2.05, 4.69) is 36.1 Å². The zero-order valence-electron chi connectivity index (χ0n) is 12.7. The molecule has 0 radical (unpaired) electrons. The molecule has 0 aliphatic carbocycles. The molecular weight excluding hydrogens is 284 g/mol. The van der Waals surface area contributed by atoms with E-state index in [0.717, 1.165) is 17.2 Å². The van der Waals surface area contributed by atoms with E-state index in [1.165, 1.54) is 0 Å². The number of rotatable bonds is 7. The predicted octanol–water partition coefficient (Wildman–Crippen LogP) is 3.72. The van der Waals surface area contributed by atoms with E-state index in [-0.39, 0.29) is 6.04 Å². The maximum atomic E-state index is 5.91. The van der Waals surface area contributed by atoms with E-state index < -0.39 is 0 Å². The number of nitrogens with one attached hydrogen (secondary N) is 1. The normalized spacial score (nSPS) is 12.4. The largest absolute Gasteiger partial charge is 0.476 e. The quantitative estimate of drug-likeness (QED) is 0.815. The number of pyridine rings is 1. The highest BCUT2D eigenvalue weighted by atomic mass is 32.1. The number of anilines is 2. The van der Waals surface area contributed by atoms with Crippen LogP contribution in [0.5, 0.6) is 5.88 Å². The number of thiazole rings is 1. The fourth-order valence-electron chi connectivity index (χ4n) is 1.82. The van der Waals surface area contributed by atoms with Gasteiger partial charge in [0.25, 0.3) is 0 Å². The lowest BCUT2D eigenvalue weighted by Crippen LogP contribution is -2.12. The minimum atomic E-state index is 0.152. The van der Waals surface area contributed by atoms with Crippen molar-refractivity contribution in [2.45, 2.75) is 33.2 Å². The number of hydrogen-bond donors (Lipinski definition) is 2. The topological polar surface area (TPSA) is 73.1 Å². The summed E-state index contributed by atoms with van der Waals surface area (Å²) in [6, 6.07) is 3.84. The zero-order valence-corrected chi connectivity index (χ0v) is 13.5. The maximum Gasteiger partial charge on any atom is 0.239 e. The third kappa shape index (κ3) is 4.32. The Labute approximate surface area is 129 Å². The summed E-state index contributed by atoms with van der Waals surface area (Å²) in [5.41, 5.74) is 6.47. The first-order valence-corrected chi connectivity index (χ1v) is 8.03. The molecule has 2 rings (SSSR count). The minimum absolute atomic E-state index is 0.152. The highest BCUT2D eigenvalue weighted by Crippen LogP contribution is 2.26. The molecule has 2 aromatic heterocycles. The Morgan fingerprint density at radius 2 is 2.19 bits per heavy atom. The number of nitrogen functional groups attached to an aromatic ring is 1. The molecule has 0 saturated carbocycles. The van der Waals surface area contributed by atoms with Gasteiger partial charge in [-0.3, -0.25) is 0 Å². The van der Waals surface area contributed by atoms with Crippen LogP contribution in [0.1, 0.15) is 38.2 Å². The van der Waals surface area contributed by atoms with Crippen LogP contribution in [0.4, 0.5) is 11.5 Å². The van der Waals surface area contributed by atoms with Gasteiger partial charge in [-0.1, -0.05) is 20.8 Å². The third-order valence-corrected chi connectivity index (χ3v) is 3.81. The Balaban J connectivity index is 2.10. The maximum absolute atomic E-state index is 5.91. The van der Waals surface area contributed by atoms with Gasteiger partial charge in [0.1, 0.15) is 10.8 Å². The van der Waals surface area contributed by atoms with Crippen LogP contribution < -0.4 is 15.8 Å². The molecule has 21 heavy (non-hydrogen) atoms. The smallest absolute Gasteiger partial charge is 0.239 e. The van der Waals surface area contributed by atoms with Crippen LogP contribution in [0.25, 0.3) is 0 Å². The van der Waals surface area contributed by atoms with Crippen molar-refractivity contribution in [2.24, 2.45) is 5.92 Å². The molecule has 1 unspecified atom stereocenters. The van der Waals surface area contributed by atoms with Gasteiger partial charge in [-0.05, 0) is 24.5 Å². The van der Waals surface area contributed by atoms with Crippen molar-refractivity contribution in [3.8, 4) is 5.88 Å². The Hall–Kier alpha value is -1.82. The summed E-state index contributed by atoms with van der Waals surface area (Å²) in [6.07, 6.45) is 2.75. The second-order valence-electron chi connectivity index (χ2n) is 5.27. The molecule has 0 aliphatic rings. The van der Waals surface area contributed by atoms with Crippen molar-refractivity contribution in [2.75, 3.05) is 17.7 Å². The van der Waals surface area contributed by atoms with Gasteiger partial charge in [-0.25, -0.2) is 4.98 Å². The van der Waals surface area contributed by atoms with Gasteiger partial charge >= 0.3 is 0 Å². The van der Waals surface area contributed by atoms with Crippen LogP contribution in [0.2, 0.25) is 0 Å². The summed E-state index contributed by atoms with van der Waals surface area (Å²) in [5.74, 6) is 1.68. The van der Waals surface area contributed by atoms with Gasteiger partial charge in [0.2, 0.25) is 5.88 Å². The molecule has 114 valence electrons. The molecule has 3 N–H and O–H groups in total. The van der Waals surface area contributed by atoms with Crippen molar-refractivity contribution in [3.05, 3.63) is 28.7 Å². The fraction of sp³-hybridized carbons (Fsp3) is 0.467. The number of ether oxygens (including phenoxy) is 1. The average molecular weight is 306 g/mol. The van der Waals surface area contributed by atoms with Gasteiger partial charge in [0.15, 0.2) is 0 Å². The molecule has 0 aromatic carbocycles. The van der Waals surface area contributed by atoms with Gasteiger partial charge in [-0.2, -0.15) is 4.98 Å². The average Bonchev–Trinajstić information content (AvgIpc) is 2.98. The predicted molar refractivity (Wildman–Crippen MR) is 87.8 cm³/mol. The van der Waals surface area contributed by atoms with Crippen molar-refractivity contribution in [1.29, 1.82) is 0 Å². The molecule has 5 nitrogen and oxygen atoms in total. The second kappa shape index (κ2) is 7.26. The van der Waals surface area contributed by atoms with Crippen LogP contribution in [-0.2, 0) is 0 Å². The molecule has 0 aliphatic heterocycles. The van der Waals surface area contributed by atoms with Gasteiger partial charge < -0.3 is 15.8 Å². The molecule has 0 amide bonds. The Morgan fingerprint density at radius 3 is 2.81 bits per heavy atom. The highest BCUT2D eigenvalue weighted by molar-refractivity contribution is 7.09. The lowest BCUT2D eigenvalue weighted by molar-refractivity contribution is 0.263. The summed E-state index contributed by atoms with van der Waals surface area (Å²) < 4.78 is 5.66. The third-order valence-electron chi connectivity index (χ3n) is 2.92. The molecule has 2 aromatic rings. The molecule has 6 heteroatoms. The Bertz CT molecular complexity index is 557. The first kappa shape index (κ1) is 15.6. The first-order chi connectivity index (χ1) is 10.1. The summed E-state index contributed by atoms with van der Waals surface area (Å²) in [7, 11) is 0. The summed E-state index contributed by atoms with van der Waals surface area (Å²) in [6.45, 7) is 6.90. The summed E-state index contributed by atoms with van der Waals surface area (Å²) in [4.78, 5) is 8.82. The Morgan fingerprint density at radius 1 is 1.38 bits per heavy atom.